The summed E-state index contributed by atoms with van der Waals surface area (Å²) in [5.41, 5.74) is 6.38. The highest BCUT2D eigenvalue weighted by Crippen LogP contribution is 2.20. The molecule has 0 saturated carbocycles. The molecule has 9 nitrogen and oxygen atoms in total. The largest absolute Gasteiger partial charge is 0.481 e. The number of guanidine groups is 1. The lowest BCUT2D eigenvalue weighted by molar-refractivity contribution is -0.137. The van der Waals surface area contributed by atoms with Crippen LogP contribution in [0.25, 0.3) is 0 Å². The van der Waals surface area contributed by atoms with Crippen molar-refractivity contribution in [2.24, 2.45) is 5.73 Å². The first-order valence-electron chi connectivity index (χ1n) is 8.51. The molecule has 2 aromatic carbocycles. The quantitative estimate of drug-likeness (QED) is 0.283. The van der Waals surface area contributed by atoms with Crippen LogP contribution in [0.5, 0.6) is 0 Å². The number of amides is 2. The van der Waals surface area contributed by atoms with Gasteiger partial charge in [0.15, 0.2) is 5.96 Å². The first-order valence-corrected chi connectivity index (χ1v) is 8.89. The van der Waals surface area contributed by atoms with E-state index in [2.05, 4.69) is 16.0 Å². The third-order valence-corrected chi connectivity index (χ3v) is 4.14. The maximum atomic E-state index is 12.4. The van der Waals surface area contributed by atoms with Gasteiger partial charge < -0.3 is 26.8 Å². The number of carbonyl (C=O) groups is 3. The Hall–Kier alpha value is -3.59. The van der Waals surface area contributed by atoms with Gasteiger partial charge in [0.25, 0.3) is 5.91 Å². The van der Waals surface area contributed by atoms with E-state index < -0.39 is 23.8 Å². The summed E-state index contributed by atoms with van der Waals surface area (Å²) < 4.78 is 0. The third kappa shape index (κ3) is 6.82. The predicted octanol–water partition coefficient (Wildman–Crippen LogP) is 1.71. The molecule has 0 aromatic heterocycles. The fourth-order valence-corrected chi connectivity index (χ4v) is 2.75. The summed E-state index contributed by atoms with van der Waals surface area (Å²) >= 11 is 6.03. The SMILES string of the molecule is N=C(N)Nc1ccc(Cl)c(C(=O)NCC(=O)NC(CC(=O)O)c2ccccc2)c1. The van der Waals surface area contributed by atoms with E-state index in [0.29, 0.717) is 11.3 Å². The van der Waals surface area contributed by atoms with Crippen LogP contribution in [0.2, 0.25) is 5.02 Å². The van der Waals surface area contributed by atoms with Gasteiger partial charge in [-0.15, -0.1) is 0 Å². The molecule has 2 rings (SSSR count). The Bertz CT molecular complexity index is 920. The second-order valence-corrected chi connectivity index (χ2v) is 6.45. The molecule has 0 heterocycles. The molecule has 7 N–H and O–H groups in total. The van der Waals surface area contributed by atoms with Gasteiger partial charge in [0.2, 0.25) is 5.91 Å². The third-order valence-electron chi connectivity index (χ3n) is 3.82. The number of carbonyl (C=O) groups excluding carboxylic acids is 2. The molecule has 152 valence electrons. The molecule has 0 spiro atoms. The number of nitrogens with one attached hydrogen (secondary N) is 4. The average Bonchev–Trinajstić information content (AvgIpc) is 2.67. The van der Waals surface area contributed by atoms with Gasteiger partial charge in [0.1, 0.15) is 0 Å². The second kappa shape index (κ2) is 10.1. The second-order valence-electron chi connectivity index (χ2n) is 6.04. The van der Waals surface area contributed by atoms with Crippen molar-refractivity contribution in [3.8, 4) is 0 Å². The number of carboxylic acid groups (broad SMARTS) is 1. The fourth-order valence-electron chi connectivity index (χ4n) is 2.55. The van der Waals surface area contributed by atoms with Crippen molar-refractivity contribution in [3.05, 3.63) is 64.7 Å². The van der Waals surface area contributed by atoms with Gasteiger partial charge in [-0.05, 0) is 23.8 Å². The van der Waals surface area contributed by atoms with E-state index in [-0.39, 0.29) is 29.5 Å². The molecule has 0 aliphatic rings. The number of halogens is 1. The monoisotopic (exact) mass is 417 g/mol. The van der Waals surface area contributed by atoms with Crippen molar-refractivity contribution in [2.45, 2.75) is 12.5 Å². The number of hydrogen-bond acceptors (Lipinski definition) is 4. The summed E-state index contributed by atoms with van der Waals surface area (Å²) in [6.45, 7) is -0.373. The first kappa shape index (κ1) is 21.7. The van der Waals surface area contributed by atoms with Crippen molar-refractivity contribution in [1.29, 1.82) is 5.41 Å². The minimum absolute atomic E-state index is 0.0934. The van der Waals surface area contributed by atoms with Crippen LogP contribution in [-0.2, 0) is 9.59 Å². The van der Waals surface area contributed by atoms with Crippen molar-refractivity contribution in [3.63, 3.8) is 0 Å². The van der Waals surface area contributed by atoms with Gasteiger partial charge in [-0.1, -0.05) is 41.9 Å². The Morgan fingerprint density at radius 1 is 1.14 bits per heavy atom. The summed E-state index contributed by atoms with van der Waals surface area (Å²) in [5, 5.41) is 24.0. The molecule has 10 heteroatoms. The van der Waals surface area contributed by atoms with Crippen LogP contribution in [0.1, 0.15) is 28.4 Å². The molecule has 2 amide bonds. The number of aliphatic carboxylic acids is 1. The molecule has 0 aliphatic carbocycles. The Morgan fingerprint density at radius 3 is 2.45 bits per heavy atom. The standard InChI is InChI=1S/C19H20ClN5O4/c20-14-7-6-12(24-19(21)22)8-13(14)18(29)23-10-16(26)25-15(9-17(27)28)11-4-2-1-3-5-11/h1-8,15H,9-10H2,(H,23,29)(H,25,26)(H,27,28)(H4,21,22,24). The molecule has 29 heavy (non-hydrogen) atoms. The zero-order valence-electron chi connectivity index (χ0n) is 15.2. The Labute approximate surface area is 171 Å². The number of carboxylic acids is 1. The first-order chi connectivity index (χ1) is 13.8. The van der Waals surface area contributed by atoms with Crippen LogP contribution in [0.15, 0.2) is 48.5 Å². The Balaban J connectivity index is 2.01. The minimum atomic E-state index is -1.07. The molecule has 0 aliphatic heterocycles. The summed E-state index contributed by atoms with van der Waals surface area (Å²) in [6.07, 6.45) is -0.297. The summed E-state index contributed by atoms with van der Waals surface area (Å²) in [5.74, 6) is -2.53. The lowest BCUT2D eigenvalue weighted by Crippen LogP contribution is -2.39. The zero-order valence-corrected chi connectivity index (χ0v) is 16.0. The van der Waals surface area contributed by atoms with Gasteiger partial charge in [-0.2, -0.15) is 0 Å². The highest BCUT2D eigenvalue weighted by molar-refractivity contribution is 6.34. The highest BCUT2D eigenvalue weighted by atomic mass is 35.5. The smallest absolute Gasteiger partial charge is 0.305 e. The molecule has 0 bridgehead atoms. The fraction of sp³-hybridized carbons (Fsp3) is 0.158. The van der Waals surface area contributed by atoms with E-state index in [4.69, 9.17) is 27.9 Å². The van der Waals surface area contributed by atoms with Crippen LogP contribution in [0.4, 0.5) is 5.69 Å². The maximum absolute atomic E-state index is 12.4. The minimum Gasteiger partial charge on any atom is -0.481 e. The van der Waals surface area contributed by atoms with Gasteiger partial charge >= 0.3 is 5.97 Å². The van der Waals surface area contributed by atoms with Crippen LogP contribution < -0.4 is 21.7 Å². The van der Waals surface area contributed by atoms with Crippen LogP contribution in [0, 0.1) is 5.41 Å². The van der Waals surface area contributed by atoms with E-state index in [1.807, 2.05) is 0 Å². The molecule has 0 fully saturated rings. The molecule has 2 aromatic rings. The van der Waals surface area contributed by atoms with E-state index in [0.717, 1.165) is 0 Å². The van der Waals surface area contributed by atoms with Crippen molar-refractivity contribution in [1.82, 2.24) is 10.6 Å². The Morgan fingerprint density at radius 2 is 1.83 bits per heavy atom. The zero-order chi connectivity index (χ0) is 21.4. The number of anilines is 1. The van der Waals surface area contributed by atoms with Gasteiger partial charge in [0.05, 0.1) is 29.6 Å². The topological polar surface area (TPSA) is 157 Å². The van der Waals surface area contributed by atoms with Crippen LogP contribution in [-0.4, -0.2) is 35.4 Å². The molecular weight excluding hydrogens is 398 g/mol. The summed E-state index contributed by atoms with van der Waals surface area (Å²) in [7, 11) is 0. The highest BCUT2D eigenvalue weighted by Gasteiger charge is 2.19. The number of rotatable bonds is 8. The number of benzene rings is 2. The van der Waals surface area contributed by atoms with Crippen molar-refractivity contribution >= 4 is 41.0 Å². The molecule has 1 unspecified atom stereocenters. The molecule has 0 radical (unpaired) electrons. The number of nitrogens with two attached hydrogens (primary N) is 1. The Kier molecular flexibility index (Phi) is 7.55. The van der Waals surface area contributed by atoms with E-state index in [1.54, 1.807) is 36.4 Å². The van der Waals surface area contributed by atoms with E-state index in [1.165, 1.54) is 12.1 Å². The molecule has 0 saturated heterocycles. The van der Waals surface area contributed by atoms with Crippen molar-refractivity contribution in [2.75, 3.05) is 11.9 Å². The predicted molar refractivity (Wildman–Crippen MR) is 109 cm³/mol. The van der Waals surface area contributed by atoms with Crippen molar-refractivity contribution < 1.29 is 19.5 Å². The summed E-state index contributed by atoms with van der Waals surface area (Å²) in [4.78, 5) is 35.7. The van der Waals surface area contributed by atoms with E-state index >= 15 is 0 Å². The molecular formula is C19H20ClN5O4. The maximum Gasteiger partial charge on any atom is 0.305 e. The van der Waals surface area contributed by atoms with Crippen LogP contribution in [0.3, 0.4) is 0 Å². The van der Waals surface area contributed by atoms with Gasteiger partial charge in [-0.3, -0.25) is 19.8 Å². The summed E-state index contributed by atoms with van der Waals surface area (Å²) in [6, 6.07) is 12.3. The van der Waals surface area contributed by atoms with Gasteiger partial charge in [0, 0.05) is 5.69 Å². The van der Waals surface area contributed by atoms with E-state index in [9.17, 15) is 14.4 Å². The molecule has 1 atom stereocenters. The number of hydrogen-bond donors (Lipinski definition) is 6. The average molecular weight is 418 g/mol. The lowest BCUT2D eigenvalue weighted by Gasteiger charge is -2.18. The normalized spacial score (nSPS) is 11.2. The lowest BCUT2D eigenvalue weighted by atomic mass is 10.0. The van der Waals surface area contributed by atoms with Crippen LogP contribution >= 0.6 is 11.6 Å². The van der Waals surface area contributed by atoms with Gasteiger partial charge in [-0.25, -0.2) is 0 Å².